The quantitative estimate of drug-likeness (QED) is 0.737. The molecule has 0 fully saturated rings. The molecule has 0 aliphatic heterocycles. The number of nitriles is 1. The molecule has 0 saturated carbocycles. The van der Waals surface area contributed by atoms with E-state index in [4.69, 9.17) is 5.26 Å². The van der Waals surface area contributed by atoms with Crippen LogP contribution >= 0.6 is 23.5 Å². The van der Waals surface area contributed by atoms with Crippen LogP contribution in [-0.2, 0) is 0 Å². The molecular formula is C10H10N2S2. The summed E-state index contributed by atoms with van der Waals surface area (Å²) in [5, 5.41) is 9.06. The van der Waals surface area contributed by atoms with Crippen LogP contribution in [0.4, 0.5) is 0 Å². The van der Waals surface area contributed by atoms with E-state index in [1.54, 1.807) is 35.9 Å². The van der Waals surface area contributed by atoms with Crippen molar-refractivity contribution < 1.29 is 0 Å². The largest absolute Gasteiger partial charge is 0.265 e. The van der Waals surface area contributed by atoms with Crippen LogP contribution in [0.3, 0.4) is 0 Å². The normalized spacial score (nSPS) is 9.21. The van der Waals surface area contributed by atoms with Gasteiger partial charge in [0, 0.05) is 12.4 Å². The highest BCUT2D eigenvalue weighted by atomic mass is 32.2. The first kappa shape index (κ1) is 11.2. The van der Waals surface area contributed by atoms with Crippen LogP contribution < -0.4 is 0 Å². The summed E-state index contributed by atoms with van der Waals surface area (Å²) >= 11 is 3.19. The molecule has 0 atom stereocenters. The van der Waals surface area contributed by atoms with Gasteiger partial charge in [-0.25, -0.2) is 0 Å². The molecule has 1 aromatic rings. The topological polar surface area (TPSA) is 36.7 Å². The second-order valence-electron chi connectivity index (χ2n) is 2.42. The van der Waals surface area contributed by atoms with Crippen LogP contribution in [0.5, 0.6) is 0 Å². The van der Waals surface area contributed by atoms with E-state index in [0.29, 0.717) is 0 Å². The number of hydrogen-bond donors (Lipinski definition) is 0. The molecule has 0 aliphatic carbocycles. The van der Waals surface area contributed by atoms with Crippen LogP contribution in [0.25, 0.3) is 5.57 Å². The molecule has 0 amide bonds. The number of rotatable bonds is 3. The molecule has 1 aromatic heterocycles. The third kappa shape index (κ3) is 2.53. The minimum absolute atomic E-state index is 0.729. The first-order valence-electron chi connectivity index (χ1n) is 3.96. The molecule has 0 aromatic carbocycles. The predicted octanol–water partition coefficient (Wildman–Crippen LogP) is 3.00. The van der Waals surface area contributed by atoms with Crippen LogP contribution in [0, 0.1) is 11.3 Å². The fourth-order valence-electron chi connectivity index (χ4n) is 1.03. The van der Waals surface area contributed by atoms with Gasteiger partial charge in [-0.3, -0.25) is 4.98 Å². The molecule has 0 aliphatic rings. The molecular weight excluding hydrogens is 212 g/mol. The van der Waals surface area contributed by atoms with Gasteiger partial charge in [0.25, 0.3) is 0 Å². The van der Waals surface area contributed by atoms with E-state index >= 15 is 0 Å². The van der Waals surface area contributed by atoms with Crippen molar-refractivity contribution in [3.63, 3.8) is 0 Å². The van der Waals surface area contributed by atoms with Gasteiger partial charge >= 0.3 is 0 Å². The monoisotopic (exact) mass is 222 g/mol. The summed E-state index contributed by atoms with van der Waals surface area (Å²) in [4.78, 5) is 3.93. The van der Waals surface area contributed by atoms with E-state index in [1.807, 2.05) is 24.6 Å². The first-order valence-corrected chi connectivity index (χ1v) is 6.41. The van der Waals surface area contributed by atoms with Gasteiger partial charge in [0.15, 0.2) is 0 Å². The summed E-state index contributed by atoms with van der Waals surface area (Å²) in [7, 11) is 0. The lowest BCUT2D eigenvalue weighted by Crippen LogP contribution is -1.84. The third-order valence-corrected chi connectivity index (χ3v) is 3.81. The molecule has 0 spiro atoms. The van der Waals surface area contributed by atoms with Gasteiger partial charge in [-0.2, -0.15) is 5.26 Å². The molecule has 1 heterocycles. The number of hydrogen-bond acceptors (Lipinski definition) is 4. The maximum absolute atomic E-state index is 9.06. The Labute approximate surface area is 92.4 Å². The molecule has 0 bridgehead atoms. The van der Waals surface area contributed by atoms with Crippen molar-refractivity contribution in [3.8, 4) is 6.07 Å². The number of pyridine rings is 1. The van der Waals surface area contributed by atoms with Gasteiger partial charge in [-0.05, 0) is 30.2 Å². The molecule has 0 saturated heterocycles. The predicted molar refractivity (Wildman–Crippen MR) is 63.8 cm³/mol. The Morgan fingerprint density at radius 3 is 2.29 bits per heavy atom. The average Bonchev–Trinajstić information content (AvgIpc) is 2.27. The van der Waals surface area contributed by atoms with Crippen molar-refractivity contribution in [1.82, 2.24) is 4.98 Å². The summed E-state index contributed by atoms with van der Waals surface area (Å²) < 4.78 is 1.04. The molecule has 4 heteroatoms. The van der Waals surface area contributed by atoms with Crippen molar-refractivity contribution in [2.75, 3.05) is 12.5 Å². The van der Waals surface area contributed by atoms with E-state index in [2.05, 4.69) is 11.1 Å². The van der Waals surface area contributed by atoms with Gasteiger partial charge in [-0.1, -0.05) is 0 Å². The maximum atomic E-state index is 9.06. The van der Waals surface area contributed by atoms with Gasteiger partial charge in [0.05, 0.1) is 9.81 Å². The summed E-state index contributed by atoms with van der Waals surface area (Å²) in [5.74, 6) is 0. The zero-order valence-electron chi connectivity index (χ0n) is 8.02. The molecule has 14 heavy (non-hydrogen) atoms. The molecule has 0 unspecified atom stereocenters. The third-order valence-electron chi connectivity index (χ3n) is 1.66. The molecule has 2 nitrogen and oxygen atoms in total. The number of nitrogens with zero attached hydrogens (tertiary/aromatic N) is 2. The van der Waals surface area contributed by atoms with E-state index < -0.39 is 0 Å². The fraction of sp³-hybridized carbons (Fsp3) is 0.200. The van der Waals surface area contributed by atoms with Gasteiger partial charge < -0.3 is 0 Å². The Morgan fingerprint density at radius 2 is 1.86 bits per heavy atom. The summed E-state index contributed by atoms with van der Waals surface area (Å²) in [6.45, 7) is 0. The highest BCUT2D eigenvalue weighted by Crippen LogP contribution is 2.32. The zero-order valence-corrected chi connectivity index (χ0v) is 9.65. The standard InChI is InChI=1S/C10H10N2S2/c1-13-10(14-2)9(7-11)8-3-5-12-6-4-8/h3-6H,1-2H3. The SMILES string of the molecule is CSC(SC)=C(C#N)c1ccncc1. The molecule has 0 N–H and O–H groups in total. The Bertz CT molecular complexity index is 359. The van der Waals surface area contributed by atoms with Crippen molar-refractivity contribution >= 4 is 29.1 Å². The van der Waals surface area contributed by atoms with E-state index in [9.17, 15) is 0 Å². The first-order chi connectivity index (χ1) is 6.83. The highest BCUT2D eigenvalue weighted by molar-refractivity contribution is 8.21. The molecule has 0 radical (unpaired) electrons. The summed E-state index contributed by atoms with van der Waals surface area (Å²) in [5.41, 5.74) is 1.66. The van der Waals surface area contributed by atoms with E-state index in [0.717, 1.165) is 15.4 Å². The minimum atomic E-state index is 0.729. The van der Waals surface area contributed by atoms with Crippen LogP contribution in [0.1, 0.15) is 5.56 Å². The fourth-order valence-corrected chi connectivity index (χ4v) is 2.44. The smallest absolute Gasteiger partial charge is 0.101 e. The lowest BCUT2D eigenvalue weighted by atomic mass is 10.1. The van der Waals surface area contributed by atoms with Gasteiger partial charge in [-0.15, -0.1) is 23.5 Å². The Morgan fingerprint density at radius 1 is 1.29 bits per heavy atom. The van der Waals surface area contributed by atoms with Crippen LogP contribution in [-0.4, -0.2) is 17.5 Å². The second kappa shape index (κ2) is 5.74. The summed E-state index contributed by atoms with van der Waals surface area (Å²) in [6.07, 6.45) is 7.35. The maximum Gasteiger partial charge on any atom is 0.101 e. The van der Waals surface area contributed by atoms with E-state index in [-0.39, 0.29) is 0 Å². The zero-order chi connectivity index (χ0) is 10.4. The van der Waals surface area contributed by atoms with Crippen molar-refractivity contribution in [2.45, 2.75) is 0 Å². The van der Waals surface area contributed by atoms with Gasteiger partial charge in [0.1, 0.15) is 6.07 Å². The van der Waals surface area contributed by atoms with E-state index in [1.165, 1.54) is 0 Å². The lowest BCUT2D eigenvalue weighted by Gasteiger charge is -2.04. The minimum Gasteiger partial charge on any atom is -0.265 e. The Hall–Kier alpha value is -0.920. The molecule has 72 valence electrons. The van der Waals surface area contributed by atoms with Crippen LogP contribution in [0.15, 0.2) is 28.8 Å². The average molecular weight is 222 g/mol. The van der Waals surface area contributed by atoms with Crippen LogP contribution in [0.2, 0.25) is 0 Å². The Balaban J connectivity index is 3.17. The second-order valence-corrected chi connectivity index (χ2v) is 4.31. The molecule has 1 rings (SSSR count). The lowest BCUT2D eigenvalue weighted by molar-refractivity contribution is 1.32. The van der Waals surface area contributed by atoms with Gasteiger partial charge in [0.2, 0.25) is 0 Å². The Kier molecular flexibility index (Phi) is 4.57. The van der Waals surface area contributed by atoms with Crippen molar-refractivity contribution in [2.24, 2.45) is 0 Å². The van der Waals surface area contributed by atoms with Crippen molar-refractivity contribution in [1.29, 1.82) is 5.26 Å². The van der Waals surface area contributed by atoms with Crippen molar-refractivity contribution in [3.05, 3.63) is 34.3 Å². The highest BCUT2D eigenvalue weighted by Gasteiger charge is 2.06. The summed E-state index contributed by atoms with van der Waals surface area (Å²) in [6, 6.07) is 5.93. The number of thioether (sulfide) groups is 2. The number of allylic oxidation sites excluding steroid dienone is 1. The number of aromatic nitrogens is 1.